The first-order valence-electron chi connectivity index (χ1n) is 6.16. The molecule has 0 aromatic heterocycles. The van der Waals surface area contributed by atoms with Crippen molar-refractivity contribution in [2.75, 3.05) is 0 Å². The molecule has 116 valence electrons. The summed E-state index contributed by atoms with van der Waals surface area (Å²) in [5.74, 6) is -3.20. The third-order valence-electron chi connectivity index (χ3n) is 3.08. The molecule has 0 aliphatic carbocycles. The number of carboxylic acid groups (broad SMARTS) is 1. The molecule has 3 N–H and O–H groups in total. The van der Waals surface area contributed by atoms with E-state index in [-0.39, 0.29) is 34.0 Å². The Kier molecular flexibility index (Phi) is 4.68. The molecular formula is C13H10Cl2N2O5. The molecule has 1 aromatic rings. The molecule has 1 fully saturated rings. The van der Waals surface area contributed by atoms with E-state index in [2.05, 4.69) is 10.6 Å². The van der Waals surface area contributed by atoms with Gasteiger partial charge in [0, 0.05) is 6.42 Å². The lowest BCUT2D eigenvalue weighted by molar-refractivity contribution is -0.134. The Morgan fingerprint density at radius 2 is 1.77 bits per heavy atom. The molecule has 3 amide bonds. The Labute approximate surface area is 134 Å². The molecule has 9 heteroatoms. The third kappa shape index (κ3) is 3.37. The van der Waals surface area contributed by atoms with Crippen LogP contribution in [0.25, 0.3) is 0 Å². The van der Waals surface area contributed by atoms with Gasteiger partial charge in [-0.3, -0.25) is 19.7 Å². The number of carbonyl (C=O) groups is 4. The zero-order valence-corrected chi connectivity index (χ0v) is 12.5. The molecule has 1 aromatic carbocycles. The van der Waals surface area contributed by atoms with E-state index in [0.29, 0.717) is 0 Å². The summed E-state index contributed by atoms with van der Waals surface area (Å²) in [7, 11) is 0. The smallest absolute Gasteiger partial charge is 0.336 e. The van der Waals surface area contributed by atoms with E-state index >= 15 is 0 Å². The fraction of sp³-hybridized carbons (Fsp3) is 0.231. The van der Waals surface area contributed by atoms with Gasteiger partial charge in [-0.2, -0.15) is 0 Å². The maximum atomic E-state index is 12.2. The van der Waals surface area contributed by atoms with Gasteiger partial charge in [0.25, 0.3) is 5.91 Å². The van der Waals surface area contributed by atoms with Gasteiger partial charge in [-0.1, -0.05) is 23.2 Å². The maximum absolute atomic E-state index is 12.2. The summed E-state index contributed by atoms with van der Waals surface area (Å²) >= 11 is 11.5. The van der Waals surface area contributed by atoms with Gasteiger partial charge < -0.3 is 10.4 Å². The average Bonchev–Trinajstić information content (AvgIpc) is 2.44. The number of imide groups is 1. The standard InChI is InChI=1S/C13H10Cl2N2O5/c14-7-3-5(6(13(21)22)4-8(7)15)11(19)16-9-1-2-10(18)17-12(9)20/h3-4,9H,1-2H2,(H,16,19)(H,21,22)(H,17,18,20). The number of piperidine rings is 1. The number of aromatic carboxylic acids is 1. The van der Waals surface area contributed by atoms with Crippen LogP contribution >= 0.6 is 23.2 Å². The fourth-order valence-corrected chi connectivity index (χ4v) is 2.31. The number of benzene rings is 1. The number of hydrogen-bond donors (Lipinski definition) is 3. The molecule has 2 rings (SSSR count). The van der Waals surface area contributed by atoms with Crippen molar-refractivity contribution >= 4 is 46.9 Å². The SMILES string of the molecule is O=C1CCC(NC(=O)c2cc(Cl)c(Cl)cc2C(=O)O)C(=O)N1. The number of amides is 3. The van der Waals surface area contributed by atoms with Gasteiger partial charge in [-0.05, 0) is 18.6 Å². The van der Waals surface area contributed by atoms with Crippen molar-refractivity contribution in [3.63, 3.8) is 0 Å². The van der Waals surface area contributed by atoms with E-state index < -0.39 is 29.7 Å². The van der Waals surface area contributed by atoms with Gasteiger partial charge in [0.1, 0.15) is 6.04 Å². The van der Waals surface area contributed by atoms with E-state index in [1.54, 1.807) is 0 Å². The molecule has 0 spiro atoms. The molecule has 1 aliphatic heterocycles. The van der Waals surface area contributed by atoms with Gasteiger partial charge in [0.15, 0.2) is 0 Å². The summed E-state index contributed by atoms with van der Waals surface area (Å²) in [6, 6.07) is 1.27. The van der Waals surface area contributed by atoms with E-state index in [0.717, 1.165) is 12.1 Å². The molecule has 1 atom stereocenters. The van der Waals surface area contributed by atoms with E-state index in [9.17, 15) is 19.2 Å². The van der Waals surface area contributed by atoms with Crippen LogP contribution in [-0.2, 0) is 9.59 Å². The van der Waals surface area contributed by atoms with Gasteiger partial charge in [-0.15, -0.1) is 0 Å². The van der Waals surface area contributed by atoms with Crippen LogP contribution in [-0.4, -0.2) is 34.8 Å². The first kappa shape index (κ1) is 16.3. The van der Waals surface area contributed by atoms with Crippen LogP contribution in [0.15, 0.2) is 12.1 Å². The second kappa shape index (κ2) is 6.33. The van der Waals surface area contributed by atoms with Crippen molar-refractivity contribution in [3.8, 4) is 0 Å². The molecule has 7 nitrogen and oxygen atoms in total. The summed E-state index contributed by atoms with van der Waals surface area (Å²) in [5, 5.41) is 13.6. The average molecular weight is 345 g/mol. The molecule has 0 bridgehead atoms. The quantitative estimate of drug-likeness (QED) is 0.713. The highest BCUT2D eigenvalue weighted by Gasteiger charge is 2.29. The molecule has 0 radical (unpaired) electrons. The van der Waals surface area contributed by atoms with Crippen LogP contribution in [0.4, 0.5) is 0 Å². The second-order valence-corrected chi connectivity index (χ2v) is 5.41. The van der Waals surface area contributed by atoms with Gasteiger partial charge in [0.05, 0.1) is 21.2 Å². The number of carbonyl (C=O) groups excluding carboxylic acids is 3. The molecule has 1 saturated heterocycles. The van der Waals surface area contributed by atoms with Crippen molar-refractivity contribution in [1.29, 1.82) is 0 Å². The normalized spacial score (nSPS) is 17.8. The highest BCUT2D eigenvalue weighted by atomic mass is 35.5. The Morgan fingerprint density at radius 3 is 2.32 bits per heavy atom. The van der Waals surface area contributed by atoms with Crippen LogP contribution in [0, 0.1) is 0 Å². The van der Waals surface area contributed by atoms with Gasteiger partial charge in [-0.25, -0.2) is 4.79 Å². The minimum absolute atomic E-state index is 0.00313. The Morgan fingerprint density at radius 1 is 1.18 bits per heavy atom. The van der Waals surface area contributed by atoms with Crippen LogP contribution in [0.1, 0.15) is 33.6 Å². The van der Waals surface area contributed by atoms with Crippen LogP contribution in [0.5, 0.6) is 0 Å². The van der Waals surface area contributed by atoms with E-state index in [4.69, 9.17) is 28.3 Å². The largest absolute Gasteiger partial charge is 0.478 e. The minimum Gasteiger partial charge on any atom is -0.478 e. The zero-order chi connectivity index (χ0) is 16.4. The summed E-state index contributed by atoms with van der Waals surface area (Å²) in [4.78, 5) is 46.0. The summed E-state index contributed by atoms with van der Waals surface area (Å²) < 4.78 is 0. The number of hydrogen-bond acceptors (Lipinski definition) is 4. The van der Waals surface area contributed by atoms with Gasteiger partial charge >= 0.3 is 5.97 Å². The van der Waals surface area contributed by atoms with Crippen molar-refractivity contribution in [2.45, 2.75) is 18.9 Å². The predicted molar refractivity (Wildman–Crippen MR) is 77.1 cm³/mol. The second-order valence-electron chi connectivity index (χ2n) is 4.59. The Balaban J connectivity index is 2.26. The van der Waals surface area contributed by atoms with Crippen molar-refractivity contribution in [2.24, 2.45) is 0 Å². The van der Waals surface area contributed by atoms with E-state index in [1.165, 1.54) is 0 Å². The predicted octanol–water partition coefficient (Wildman–Crippen LogP) is 1.23. The van der Waals surface area contributed by atoms with Crippen LogP contribution < -0.4 is 10.6 Å². The fourth-order valence-electron chi connectivity index (χ4n) is 1.98. The van der Waals surface area contributed by atoms with Crippen LogP contribution in [0.3, 0.4) is 0 Å². The van der Waals surface area contributed by atoms with Crippen molar-refractivity contribution in [3.05, 3.63) is 33.3 Å². The third-order valence-corrected chi connectivity index (χ3v) is 3.80. The first-order valence-corrected chi connectivity index (χ1v) is 6.92. The zero-order valence-electron chi connectivity index (χ0n) is 11.0. The molecule has 22 heavy (non-hydrogen) atoms. The topological polar surface area (TPSA) is 113 Å². The lowest BCUT2D eigenvalue weighted by Gasteiger charge is -2.22. The van der Waals surface area contributed by atoms with E-state index in [1.807, 2.05) is 0 Å². The number of halogens is 2. The molecule has 1 unspecified atom stereocenters. The molecule has 0 saturated carbocycles. The number of rotatable bonds is 3. The molecule has 1 aliphatic rings. The first-order chi connectivity index (χ1) is 10.3. The Hall–Kier alpha value is -2.12. The number of carboxylic acids is 1. The maximum Gasteiger partial charge on any atom is 0.336 e. The highest BCUT2D eigenvalue weighted by Crippen LogP contribution is 2.26. The lowest BCUT2D eigenvalue weighted by Crippen LogP contribution is -2.52. The van der Waals surface area contributed by atoms with Crippen LogP contribution in [0.2, 0.25) is 10.0 Å². The molecule has 1 heterocycles. The monoisotopic (exact) mass is 344 g/mol. The summed E-state index contributed by atoms with van der Waals surface area (Å²) in [6.07, 6.45) is 0.226. The van der Waals surface area contributed by atoms with Crippen molar-refractivity contribution in [1.82, 2.24) is 10.6 Å². The Bertz CT molecular complexity index is 689. The minimum atomic E-state index is -1.35. The lowest BCUT2D eigenvalue weighted by atomic mass is 10.0. The number of nitrogens with one attached hydrogen (secondary N) is 2. The van der Waals surface area contributed by atoms with Crippen molar-refractivity contribution < 1.29 is 24.3 Å². The highest BCUT2D eigenvalue weighted by molar-refractivity contribution is 6.42. The summed E-state index contributed by atoms with van der Waals surface area (Å²) in [5.41, 5.74) is -0.550. The molecular weight excluding hydrogens is 335 g/mol. The van der Waals surface area contributed by atoms with Gasteiger partial charge in [0.2, 0.25) is 11.8 Å². The summed E-state index contributed by atoms with van der Waals surface area (Å²) in [6.45, 7) is 0.